The topological polar surface area (TPSA) is 64.3 Å². The lowest BCUT2D eigenvalue weighted by molar-refractivity contribution is 0.520. The average Bonchev–Trinajstić information content (AvgIpc) is 2.67. The third-order valence-electron chi connectivity index (χ3n) is 1.94. The quantitative estimate of drug-likeness (QED) is 0.780. The van der Waals surface area contributed by atoms with Crippen LogP contribution in [0.3, 0.4) is 0 Å². The summed E-state index contributed by atoms with van der Waals surface area (Å²) >= 11 is 0.982. The number of hydrogen-bond acceptors (Lipinski definition) is 4. The van der Waals surface area contributed by atoms with Crippen LogP contribution < -0.4 is 5.32 Å². The van der Waals surface area contributed by atoms with Crippen LogP contribution in [0.4, 0.5) is 4.39 Å². The van der Waals surface area contributed by atoms with Gasteiger partial charge in [0.1, 0.15) is 0 Å². The minimum absolute atomic E-state index is 0.450. The van der Waals surface area contributed by atoms with Crippen molar-refractivity contribution in [1.82, 2.24) is 15.2 Å². The van der Waals surface area contributed by atoms with Crippen molar-refractivity contribution in [2.45, 2.75) is 6.54 Å². The molecule has 0 amide bonds. The van der Waals surface area contributed by atoms with Crippen LogP contribution in [0.5, 0.6) is 0 Å². The molecule has 0 saturated heterocycles. The molecule has 1 aliphatic heterocycles. The van der Waals surface area contributed by atoms with E-state index in [1.807, 2.05) is 12.3 Å². The van der Waals surface area contributed by atoms with Crippen molar-refractivity contribution in [2.75, 3.05) is 6.54 Å². The lowest BCUT2D eigenvalue weighted by Crippen LogP contribution is -2.40. The van der Waals surface area contributed by atoms with Crippen molar-refractivity contribution in [3.8, 4) is 6.19 Å². The lowest BCUT2D eigenvalue weighted by atomic mass is 10.4. The van der Waals surface area contributed by atoms with Crippen LogP contribution in [0.2, 0.25) is 0 Å². The molecule has 2 rings (SSSR count). The molecule has 1 aliphatic rings. The number of aliphatic imine (C=N–C) groups is 1. The molecule has 0 atom stereocenters. The fourth-order valence-electron chi connectivity index (χ4n) is 1.31. The van der Waals surface area contributed by atoms with E-state index < -0.39 is 5.26 Å². The molecule has 1 N–H and O–H groups in total. The van der Waals surface area contributed by atoms with Crippen LogP contribution in [0.1, 0.15) is 4.88 Å². The second-order valence-corrected chi connectivity index (χ2v) is 4.07. The Morgan fingerprint density at radius 1 is 1.75 bits per heavy atom. The summed E-state index contributed by atoms with van der Waals surface area (Å²) in [7, 11) is 0. The van der Waals surface area contributed by atoms with Gasteiger partial charge in [-0.2, -0.15) is 9.65 Å². The Balaban J connectivity index is 2.13. The van der Waals surface area contributed by atoms with Crippen LogP contribution in [0.15, 0.2) is 23.5 Å². The first-order valence-electron chi connectivity index (χ1n) is 4.54. The molecule has 0 aliphatic carbocycles. The van der Waals surface area contributed by atoms with Gasteiger partial charge >= 0.3 is 0 Å². The number of nitrogens with one attached hydrogen (secondary N) is 1. The second kappa shape index (κ2) is 4.72. The first kappa shape index (κ1) is 10.6. The van der Waals surface area contributed by atoms with Gasteiger partial charge in [-0.25, -0.2) is 4.98 Å². The molecular weight excluding hydrogens is 229 g/mol. The summed E-state index contributed by atoms with van der Waals surface area (Å²) in [4.78, 5) is 9.68. The maximum atomic E-state index is 12.7. The smallest absolute Gasteiger partial charge is 0.269 e. The third-order valence-corrected chi connectivity index (χ3v) is 2.71. The first-order valence-corrected chi connectivity index (χ1v) is 5.35. The SMILES string of the molecule is N#CN=C1NCC=CN1Cc1cnc(F)s1. The van der Waals surface area contributed by atoms with Crippen LogP contribution in [-0.2, 0) is 6.54 Å². The Morgan fingerprint density at radius 3 is 3.31 bits per heavy atom. The van der Waals surface area contributed by atoms with Gasteiger partial charge in [0.05, 0.1) is 6.54 Å². The summed E-state index contributed by atoms with van der Waals surface area (Å²) in [5.74, 6) is 0.471. The number of hydrogen-bond donors (Lipinski definition) is 1. The molecular formula is C9H8FN5S. The zero-order chi connectivity index (χ0) is 11.4. The highest BCUT2D eigenvalue weighted by Gasteiger charge is 2.13. The normalized spacial score (nSPS) is 17.2. The predicted octanol–water partition coefficient (Wildman–Crippen LogP) is 1.04. The van der Waals surface area contributed by atoms with Gasteiger partial charge in [0, 0.05) is 23.8 Å². The highest BCUT2D eigenvalue weighted by molar-refractivity contribution is 7.09. The van der Waals surface area contributed by atoms with E-state index in [-0.39, 0.29) is 0 Å². The van der Waals surface area contributed by atoms with Gasteiger partial charge in [-0.1, -0.05) is 11.3 Å². The van der Waals surface area contributed by atoms with Crippen LogP contribution >= 0.6 is 11.3 Å². The number of guanidine groups is 1. The molecule has 1 aromatic heterocycles. The number of rotatable bonds is 2. The van der Waals surface area contributed by atoms with E-state index in [9.17, 15) is 4.39 Å². The summed E-state index contributed by atoms with van der Waals surface area (Å²) in [6.07, 6.45) is 6.91. The molecule has 0 aromatic carbocycles. The highest BCUT2D eigenvalue weighted by Crippen LogP contribution is 2.14. The van der Waals surface area contributed by atoms with E-state index in [4.69, 9.17) is 5.26 Å². The van der Waals surface area contributed by atoms with Crippen molar-refractivity contribution >= 4 is 17.3 Å². The minimum Gasteiger partial charge on any atom is -0.351 e. The Hall–Kier alpha value is -1.94. The highest BCUT2D eigenvalue weighted by atomic mass is 32.1. The summed E-state index contributed by atoms with van der Waals surface area (Å²) in [5, 5.41) is 11.0. The molecule has 0 saturated carbocycles. The van der Waals surface area contributed by atoms with Crippen molar-refractivity contribution < 1.29 is 4.39 Å². The standard InChI is InChI=1S/C9H8FN5S/c10-8-13-4-7(16-8)5-15-3-1-2-12-9(15)14-6-11/h1,3-4H,2,5H2,(H,12,14). The summed E-state index contributed by atoms with van der Waals surface area (Å²) in [6, 6.07) is 0. The van der Waals surface area contributed by atoms with Crippen LogP contribution in [0, 0.1) is 16.7 Å². The fourth-order valence-corrected chi connectivity index (χ4v) is 1.94. The molecule has 0 bridgehead atoms. The molecule has 0 fully saturated rings. The Morgan fingerprint density at radius 2 is 2.62 bits per heavy atom. The number of aromatic nitrogens is 1. The average molecular weight is 237 g/mol. The van der Waals surface area contributed by atoms with Crippen molar-refractivity contribution in [1.29, 1.82) is 5.26 Å². The monoisotopic (exact) mass is 237 g/mol. The van der Waals surface area contributed by atoms with Crippen molar-refractivity contribution in [3.63, 3.8) is 0 Å². The van der Waals surface area contributed by atoms with Gasteiger partial charge in [-0.15, -0.1) is 4.99 Å². The predicted molar refractivity (Wildman–Crippen MR) is 57.8 cm³/mol. The fraction of sp³-hybridized carbons (Fsp3) is 0.222. The van der Waals surface area contributed by atoms with E-state index >= 15 is 0 Å². The second-order valence-electron chi connectivity index (χ2n) is 3.01. The molecule has 5 nitrogen and oxygen atoms in total. The molecule has 16 heavy (non-hydrogen) atoms. The van der Waals surface area contributed by atoms with Gasteiger partial charge in [-0.05, 0) is 6.08 Å². The van der Waals surface area contributed by atoms with Gasteiger partial charge in [-0.3, -0.25) is 0 Å². The van der Waals surface area contributed by atoms with Crippen LogP contribution in [-0.4, -0.2) is 22.4 Å². The summed E-state index contributed by atoms with van der Waals surface area (Å²) in [5.41, 5.74) is 0. The van der Waals surface area contributed by atoms with Gasteiger partial charge in [0.2, 0.25) is 12.2 Å². The molecule has 82 valence electrons. The zero-order valence-corrected chi connectivity index (χ0v) is 9.04. The zero-order valence-electron chi connectivity index (χ0n) is 8.22. The molecule has 2 heterocycles. The Kier molecular flexibility index (Phi) is 3.12. The summed E-state index contributed by atoms with van der Waals surface area (Å²) in [6.45, 7) is 1.08. The van der Waals surface area contributed by atoms with E-state index in [2.05, 4.69) is 15.3 Å². The maximum Gasteiger partial charge on any atom is 0.269 e. The van der Waals surface area contributed by atoms with Gasteiger partial charge in [0.25, 0.3) is 5.26 Å². The summed E-state index contributed by atoms with van der Waals surface area (Å²) < 4.78 is 12.7. The molecule has 0 radical (unpaired) electrons. The number of thiazole rings is 1. The Labute approximate surface area is 95.5 Å². The van der Waals surface area contributed by atoms with E-state index in [0.29, 0.717) is 19.0 Å². The first-order chi connectivity index (χ1) is 7.79. The van der Waals surface area contributed by atoms with Crippen LogP contribution in [0.25, 0.3) is 0 Å². The molecule has 0 spiro atoms. The lowest BCUT2D eigenvalue weighted by Gasteiger charge is -2.24. The van der Waals surface area contributed by atoms with Crippen molar-refractivity contribution in [2.24, 2.45) is 4.99 Å². The van der Waals surface area contributed by atoms with E-state index in [0.717, 1.165) is 16.2 Å². The van der Waals surface area contributed by atoms with Crippen molar-refractivity contribution in [3.05, 3.63) is 28.6 Å². The van der Waals surface area contributed by atoms with Gasteiger partial charge in [0.15, 0.2) is 0 Å². The van der Waals surface area contributed by atoms with E-state index in [1.54, 1.807) is 11.1 Å². The maximum absolute atomic E-state index is 12.7. The van der Waals surface area contributed by atoms with Gasteiger partial charge < -0.3 is 10.2 Å². The number of nitrogens with zero attached hydrogens (tertiary/aromatic N) is 4. The third kappa shape index (κ3) is 2.35. The Bertz CT molecular complexity index is 472. The number of halogens is 1. The molecule has 7 heteroatoms. The minimum atomic E-state index is -0.456. The largest absolute Gasteiger partial charge is 0.351 e. The van der Waals surface area contributed by atoms with E-state index in [1.165, 1.54) is 6.20 Å². The molecule has 0 unspecified atom stereocenters. The molecule has 1 aromatic rings. The number of nitriles is 1.